The first-order valence-corrected chi connectivity index (χ1v) is 7.71. The topological polar surface area (TPSA) is 90.9 Å². The van der Waals surface area contributed by atoms with Gasteiger partial charge in [-0.2, -0.15) is 0 Å². The zero-order valence-electron chi connectivity index (χ0n) is 14.6. The third-order valence-electron chi connectivity index (χ3n) is 3.72. The zero-order chi connectivity index (χ0) is 19.0. The summed E-state index contributed by atoms with van der Waals surface area (Å²) in [7, 11) is 2.59. The molecule has 0 bridgehead atoms. The molecule has 1 aromatic rings. The minimum absolute atomic E-state index is 0.161. The number of hydrogen-bond donors (Lipinski definition) is 1. The van der Waals surface area contributed by atoms with Gasteiger partial charge < -0.3 is 19.5 Å². The number of hydrogen-bond acceptors (Lipinski definition) is 6. The van der Waals surface area contributed by atoms with Crippen LogP contribution in [0.2, 0.25) is 0 Å². The maximum absolute atomic E-state index is 13.8. The Kier molecular flexibility index (Phi) is 7.84. The molecular weight excluding hydrogens is 333 g/mol. The summed E-state index contributed by atoms with van der Waals surface area (Å²) in [6.07, 6.45) is 0.636. The lowest BCUT2D eigenvalue weighted by Gasteiger charge is -2.21. The van der Waals surface area contributed by atoms with E-state index in [9.17, 15) is 18.8 Å². The van der Waals surface area contributed by atoms with Crippen LogP contribution in [-0.2, 0) is 19.1 Å². The highest BCUT2D eigenvalue weighted by Crippen LogP contribution is 2.17. The Balaban J connectivity index is 2.65. The molecule has 1 N–H and O–H groups in total. The Morgan fingerprint density at radius 3 is 2.44 bits per heavy atom. The first-order valence-electron chi connectivity index (χ1n) is 7.71. The van der Waals surface area contributed by atoms with Gasteiger partial charge >= 0.3 is 11.9 Å². The summed E-state index contributed by atoms with van der Waals surface area (Å²) in [6.45, 7) is 2.99. The molecule has 0 saturated heterocycles. The van der Waals surface area contributed by atoms with Crippen LogP contribution in [0, 0.1) is 11.7 Å². The molecule has 0 unspecified atom stereocenters. The number of carbonyl (C=O) groups excluding carboxylic acids is 3. The standard InChI is InChI=1S/C17H22FNO6/c1-5-10(2)15(17(22)24-4)19-14(20)9-25-16(21)12-7-6-11(23-3)8-13(12)18/h6-8,10,15H,5,9H2,1-4H3,(H,19,20)/t10-,15+/m1/s1. The minimum atomic E-state index is -0.992. The molecule has 1 rings (SSSR count). The van der Waals surface area contributed by atoms with Gasteiger partial charge in [0.2, 0.25) is 0 Å². The number of halogens is 1. The van der Waals surface area contributed by atoms with Crippen LogP contribution in [-0.4, -0.2) is 44.7 Å². The molecule has 25 heavy (non-hydrogen) atoms. The van der Waals surface area contributed by atoms with Gasteiger partial charge in [-0.1, -0.05) is 20.3 Å². The average Bonchev–Trinajstić information content (AvgIpc) is 2.62. The van der Waals surface area contributed by atoms with Crippen molar-refractivity contribution in [1.29, 1.82) is 0 Å². The smallest absolute Gasteiger partial charge is 0.341 e. The molecule has 0 spiro atoms. The molecule has 0 fully saturated rings. The average molecular weight is 355 g/mol. The van der Waals surface area contributed by atoms with E-state index in [1.807, 2.05) is 6.92 Å². The first-order chi connectivity index (χ1) is 11.8. The summed E-state index contributed by atoms with van der Waals surface area (Å²) in [5, 5.41) is 2.45. The van der Waals surface area contributed by atoms with Crippen LogP contribution < -0.4 is 10.1 Å². The van der Waals surface area contributed by atoms with Crippen molar-refractivity contribution in [3.63, 3.8) is 0 Å². The molecule has 0 saturated carbocycles. The summed E-state index contributed by atoms with van der Waals surface area (Å²) >= 11 is 0. The molecule has 0 heterocycles. The molecule has 0 aliphatic heterocycles. The molecule has 0 radical (unpaired) electrons. The van der Waals surface area contributed by atoms with Crippen molar-refractivity contribution in [2.24, 2.45) is 5.92 Å². The number of methoxy groups -OCH3 is 2. The third kappa shape index (κ3) is 5.74. The van der Waals surface area contributed by atoms with Crippen molar-refractivity contribution in [3.05, 3.63) is 29.6 Å². The second kappa shape index (κ2) is 9.61. The van der Waals surface area contributed by atoms with E-state index < -0.39 is 36.3 Å². The van der Waals surface area contributed by atoms with Crippen LogP contribution in [0.15, 0.2) is 18.2 Å². The minimum Gasteiger partial charge on any atom is -0.497 e. The van der Waals surface area contributed by atoms with Crippen molar-refractivity contribution >= 4 is 17.8 Å². The molecule has 1 amide bonds. The van der Waals surface area contributed by atoms with Gasteiger partial charge in [-0.3, -0.25) is 4.79 Å². The molecule has 0 aromatic heterocycles. The number of amides is 1. The predicted octanol–water partition coefficient (Wildman–Crippen LogP) is 1.69. The number of nitrogens with one attached hydrogen (secondary N) is 1. The van der Waals surface area contributed by atoms with Crippen molar-refractivity contribution < 1.29 is 33.0 Å². The summed E-state index contributed by atoms with van der Waals surface area (Å²) in [6, 6.07) is 2.78. The fraction of sp³-hybridized carbons (Fsp3) is 0.471. The van der Waals surface area contributed by atoms with E-state index in [1.54, 1.807) is 6.92 Å². The Labute approximate surface area is 145 Å². The van der Waals surface area contributed by atoms with E-state index in [2.05, 4.69) is 10.1 Å². The first kappa shape index (κ1) is 20.4. The Morgan fingerprint density at radius 1 is 1.24 bits per heavy atom. The van der Waals surface area contributed by atoms with Gasteiger partial charge in [-0.05, 0) is 18.1 Å². The van der Waals surface area contributed by atoms with E-state index in [0.717, 1.165) is 6.07 Å². The van der Waals surface area contributed by atoms with Crippen LogP contribution >= 0.6 is 0 Å². The molecule has 8 heteroatoms. The van der Waals surface area contributed by atoms with E-state index in [0.29, 0.717) is 6.42 Å². The van der Waals surface area contributed by atoms with E-state index in [1.165, 1.54) is 26.4 Å². The van der Waals surface area contributed by atoms with E-state index >= 15 is 0 Å². The molecule has 0 aliphatic carbocycles. The lowest BCUT2D eigenvalue weighted by Crippen LogP contribution is -2.47. The maximum Gasteiger partial charge on any atom is 0.341 e. The van der Waals surface area contributed by atoms with Crippen molar-refractivity contribution in [3.8, 4) is 5.75 Å². The third-order valence-corrected chi connectivity index (χ3v) is 3.72. The molecule has 2 atom stereocenters. The van der Waals surface area contributed by atoms with Gasteiger partial charge in [0.05, 0.1) is 19.8 Å². The number of rotatable bonds is 8. The van der Waals surface area contributed by atoms with Gasteiger partial charge in [-0.25, -0.2) is 14.0 Å². The van der Waals surface area contributed by atoms with Crippen LogP contribution in [0.5, 0.6) is 5.75 Å². The van der Waals surface area contributed by atoms with Crippen molar-refractivity contribution in [2.45, 2.75) is 26.3 Å². The van der Waals surface area contributed by atoms with E-state index in [4.69, 9.17) is 9.47 Å². The predicted molar refractivity (Wildman–Crippen MR) is 86.6 cm³/mol. The second-order valence-corrected chi connectivity index (χ2v) is 5.38. The molecule has 138 valence electrons. The molecular formula is C17H22FNO6. The normalized spacial score (nSPS) is 12.7. The largest absolute Gasteiger partial charge is 0.497 e. The second-order valence-electron chi connectivity index (χ2n) is 5.38. The highest BCUT2D eigenvalue weighted by atomic mass is 19.1. The van der Waals surface area contributed by atoms with Crippen LogP contribution in [0.1, 0.15) is 30.6 Å². The number of esters is 2. The van der Waals surface area contributed by atoms with Gasteiger partial charge in [0, 0.05) is 6.07 Å². The summed E-state index contributed by atoms with van der Waals surface area (Å²) in [4.78, 5) is 35.5. The van der Waals surface area contributed by atoms with Gasteiger partial charge in [0.25, 0.3) is 5.91 Å². The van der Waals surface area contributed by atoms with Crippen LogP contribution in [0.25, 0.3) is 0 Å². The van der Waals surface area contributed by atoms with Crippen molar-refractivity contribution in [2.75, 3.05) is 20.8 Å². The highest BCUT2D eigenvalue weighted by molar-refractivity contribution is 5.92. The summed E-state index contributed by atoms with van der Waals surface area (Å²) < 4.78 is 28.1. The Morgan fingerprint density at radius 2 is 1.92 bits per heavy atom. The summed E-state index contributed by atoms with van der Waals surface area (Å²) in [5.41, 5.74) is -0.319. The Hall–Kier alpha value is -2.64. The van der Waals surface area contributed by atoms with Gasteiger partial charge in [0.15, 0.2) is 6.61 Å². The Bertz CT molecular complexity index is 634. The number of ether oxygens (including phenoxy) is 3. The van der Waals surface area contributed by atoms with Gasteiger partial charge in [-0.15, -0.1) is 0 Å². The monoisotopic (exact) mass is 355 g/mol. The quantitative estimate of drug-likeness (QED) is 0.714. The van der Waals surface area contributed by atoms with E-state index in [-0.39, 0.29) is 17.2 Å². The molecule has 7 nitrogen and oxygen atoms in total. The SMILES string of the molecule is CC[C@@H](C)[C@H](NC(=O)COC(=O)c1ccc(OC)cc1F)C(=O)OC. The fourth-order valence-corrected chi connectivity index (χ4v) is 2.01. The zero-order valence-corrected chi connectivity index (χ0v) is 14.6. The highest BCUT2D eigenvalue weighted by Gasteiger charge is 2.27. The van der Waals surface area contributed by atoms with Crippen LogP contribution in [0.4, 0.5) is 4.39 Å². The lowest BCUT2D eigenvalue weighted by molar-refractivity contribution is -0.147. The maximum atomic E-state index is 13.8. The fourth-order valence-electron chi connectivity index (χ4n) is 2.01. The van der Waals surface area contributed by atoms with Crippen LogP contribution in [0.3, 0.4) is 0 Å². The van der Waals surface area contributed by atoms with Crippen molar-refractivity contribution in [1.82, 2.24) is 5.32 Å². The lowest BCUT2D eigenvalue weighted by atomic mass is 9.99. The molecule has 1 aromatic carbocycles. The number of benzene rings is 1. The number of carbonyl (C=O) groups is 3. The summed E-state index contributed by atoms with van der Waals surface area (Å²) in [5.74, 6) is -2.99. The van der Waals surface area contributed by atoms with Gasteiger partial charge in [0.1, 0.15) is 17.6 Å². The molecule has 0 aliphatic rings.